The van der Waals surface area contributed by atoms with Gasteiger partial charge in [0.1, 0.15) is 30.1 Å². The zero-order chi connectivity index (χ0) is 51.0. The second-order valence-electron chi connectivity index (χ2n) is 20.6. The van der Waals surface area contributed by atoms with Gasteiger partial charge in [-0.3, -0.25) is 19.2 Å². The average molecular weight is 970 g/mol. The largest absolute Gasteiger partial charge is 0.460 e. The number of fused-ring (bicyclic) bond motifs is 3. The highest BCUT2D eigenvalue weighted by Gasteiger charge is 2.53. The average Bonchev–Trinajstić information content (AvgIpc) is 3.33. The summed E-state index contributed by atoms with van der Waals surface area (Å²) in [5, 5.41) is 12.0. The van der Waals surface area contributed by atoms with E-state index < -0.39 is 71.8 Å². The molecule has 0 aromatic carbocycles. The van der Waals surface area contributed by atoms with E-state index in [0.717, 1.165) is 31.3 Å². The molecule has 0 spiro atoms. The van der Waals surface area contributed by atoms with Gasteiger partial charge in [-0.2, -0.15) is 0 Å². The lowest BCUT2D eigenvalue weighted by molar-refractivity contribution is -0.265. The molecule has 1 aliphatic carbocycles. The summed E-state index contributed by atoms with van der Waals surface area (Å²) < 4.78 is 42.2. The number of ether oxygens (including phenoxy) is 7. The van der Waals surface area contributed by atoms with Crippen molar-refractivity contribution in [3.63, 3.8) is 0 Å². The van der Waals surface area contributed by atoms with E-state index >= 15 is 0 Å². The first-order chi connectivity index (χ1) is 32.8. The molecule has 3 fully saturated rings. The predicted molar refractivity (Wildman–Crippen MR) is 264 cm³/mol. The third kappa shape index (κ3) is 15.8. The third-order valence-corrected chi connectivity index (χ3v) is 15.2. The van der Waals surface area contributed by atoms with E-state index in [1.165, 1.54) is 19.1 Å². The first kappa shape index (κ1) is 58.2. The van der Waals surface area contributed by atoms with Gasteiger partial charge >= 0.3 is 5.97 Å². The topological polar surface area (TPSA) is 173 Å². The van der Waals surface area contributed by atoms with Gasteiger partial charge in [0.15, 0.2) is 5.78 Å². The minimum Gasteiger partial charge on any atom is -0.460 e. The van der Waals surface area contributed by atoms with Crippen LogP contribution in [0.4, 0.5) is 0 Å². The molecule has 0 unspecified atom stereocenters. The molecule has 1 amide bonds. The highest BCUT2D eigenvalue weighted by molar-refractivity contribution is 6.39. The van der Waals surface area contributed by atoms with Crippen molar-refractivity contribution in [2.24, 2.45) is 35.5 Å². The Morgan fingerprint density at radius 1 is 0.812 bits per heavy atom. The standard InChI is InChI=1S/C55H87NO13/c1-13-27-67-45-25-23-41(31-48(45)64-10)30-37(5)47-33-44(57)36(4)29-39(7)50(65-11)51(66-12)49(58)38(6)28-34(2)19-15-14-16-20-35(3)46(63-9)32-42-24-22-40(8)55(62,69-42)52(59)53(60)56-26-18-17-21-43(56)54(61)68-47/h14-16,19-20,29,34,36-38,40-43,45-48,50-51,62H,13,17-18,21-28,30-33H2,1-12H3/b16-14+,19-15+,35-20+,39-29+/t34-,36-,37-,38-,40-,41+,42+,43+,45-,46+,47+,48-,50-,51+,55-/m1/s1. The highest BCUT2D eigenvalue weighted by Crippen LogP contribution is 2.38. The van der Waals surface area contributed by atoms with Crippen LogP contribution in [0.15, 0.2) is 47.6 Å². The molecular weight excluding hydrogens is 883 g/mol. The number of methoxy groups -OCH3 is 4. The molecule has 15 atom stereocenters. The number of amides is 1. The molecule has 2 bridgehead atoms. The minimum atomic E-state index is -2.41. The highest BCUT2D eigenvalue weighted by atomic mass is 16.6. The van der Waals surface area contributed by atoms with Crippen LogP contribution < -0.4 is 0 Å². The number of carbonyl (C=O) groups excluding carboxylic acids is 5. The van der Waals surface area contributed by atoms with E-state index in [-0.39, 0.29) is 66.8 Å². The van der Waals surface area contributed by atoms with Gasteiger partial charge in [-0.1, -0.05) is 78.0 Å². The van der Waals surface area contributed by atoms with Gasteiger partial charge in [-0.25, -0.2) is 4.79 Å². The second kappa shape index (κ2) is 28.0. The summed E-state index contributed by atoms with van der Waals surface area (Å²) in [4.78, 5) is 72.7. The number of nitrogens with zero attached hydrogens (tertiary/aromatic N) is 1. The summed E-state index contributed by atoms with van der Waals surface area (Å²) in [6, 6.07) is -1.11. The Hall–Kier alpha value is -3.37. The van der Waals surface area contributed by atoms with Crippen LogP contribution in [0, 0.1) is 35.5 Å². The fraction of sp³-hybridized carbons (Fsp3) is 0.764. The number of Topliss-reactive ketones (excluding diaryl/α,β-unsaturated/α-hetero) is 3. The van der Waals surface area contributed by atoms with Crippen molar-refractivity contribution in [2.75, 3.05) is 41.6 Å². The number of allylic oxidation sites excluding steroid dienone is 6. The summed E-state index contributed by atoms with van der Waals surface area (Å²) in [5.74, 6) is -7.20. The molecule has 14 nitrogen and oxygen atoms in total. The smallest absolute Gasteiger partial charge is 0.329 e. The zero-order valence-electron chi connectivity index (χ0n) is 43.9. The predicted octanol–water partition coefficient (Wildman–Crippen LogP) is 8.27. The van der Waals surface area contributed by atoms with Crippen LogP contribution in [0.25, 0.3) is 0 Å². The van der Waals surface area contributed by atoms with Crippen molar-refractivity contribution in [3.05, 3.63) is 47.6 Å². The number of aliphatic hydroxyl groups is 1. The molecule has 390 valence electrons. The first-order valence-corrected chi connectivity index (χ1v) is 25.8. The van der Waals surface area contributed by atoms with Crippen LogP contribution in [-0.2, 0) is 57.1 Å². The van der Waals surface area contributed by atoms with Gasteiger partial charge in [0.05, 0.1) is 24.4 Å². The molecule has 4 aliphatic rings. The van der Waals surface area contributed by atoms with Crippen LogP contribution in [0.3, 0.4) is 0 Å². The maximum absolute atomic E-state index is 14.5. The van der Waals surface area contributed by atoms with E-state index in [2.05, 4.69) is 13.8 Å². The maximum Gasteiger partial charge on any atom is 0.329 e. The molecule has 1 N–H and O–H groups in total. The lowest BCUT2D eigenvalue weighted by atomic mass is 9.78. The normalized spacial score (nSPS) is 38.8. The molecule has 2 saturated heterocycles. The number of piperidine rings is 1. The van der Waals surface area contributed by atoms with Crippen molar-refractivity contribution in [3.8, 4) is 0 Å². The lowest BCUT2D eigenvalue weighted by Gasteiger charge is -2.42. The minimum absolute atomic E-state index is 0.00495. The van der Waals surface area contributed by atoms with Crippen LogP contribution in [0.5, 0.6) is 0 Å². The quantitative estimate of drug-likeness (QED) is 0.126. The molecular formula is C55H87NO13. The molecule has 69 heavy (non-hydrogen) atoms. The summed E-state index contributed by atoms with van der Waals surface area (Å²) in [6.45, 7) is 16.0. The van der Waals surface area contributed by atoms with E-state index in [4.69, 9.17) is 33.2 Å². The Morgan fingerprint density at radius 3 is 2.20 bits per heavy atom. The van der Waals surface area contributed by atoms with Crippen molar-refractivity contribution in [1.82, 2.24) is 4.90 Å². The Morgan fingerprint density at radius 2 is 1.54 bits per heavy atom. The van der Waals surface area contributed by atoms with E-state index in [9.17, 15) is 29.1 Å². The summed E-state index contributed by atoms with van der Waals surface area (Å²) in [7, 11) is 6.31. The summed E-state index contributed by atoms with van der Waals surface area (Å²) in [5.41, 5.74) is 1.56. The van der Waals surface area contributed by atoms with Crippen LogP contribution in [0.1, 0.15) is 139 Å². The fourth-order valence-electron chi connectivity index (χ4n) is 10.9. The van der Waals surface area contributed by atoms with E-state index in [1.807, 2.05) is 58.1 Å². The number of hydrogen-bond acceptors (Lipinski definition) is 13. The molecule has 0 aromatic rings. The van der Waals surface area contributed by atoms with Crippen molar-refractivity contribution in [1.29, 1.82) is 0 Å². The molecule has 1 saturated carbocycles. The number of rotatable bonds is 10. The summed E-state index contributed by atoms with van der Waals surface area (Å²) in [6.07, 6.45) is 15.1. The van der Waals surface area contributed by atoms with Gasteiger partial charge < -0.3 is 43.2 Å². The SMILES string of the molecule is CCCO[C@@H]1CC[C@@H](C[C@@H](C)[C@@H]2CC(=O)[C@H](C)/C=C(\C)[C@@H](OC)[C@@H](OC)C(=O)[C@H](C)C[C@H](C)/C=C/C=C/C=C(\C)[C@@H](OC)C[C@@H]3CC[C@@H](C)[C@@](O)(O3)C(=O)C(=O)N3CCCC[C@H]3C(=O)O2)C[C@H]1OC. The zero-order valence-corrected chi connectivity index (χ0v) is 43.9. The van der Waals surface area contributed by atoms with Crippen LogP contribution >= 0.6 is 0 Å². The fourth-order valence-corrected chi connectivity index (χ4v) is 10.9. The molecule has 14 heteroatoms. The van der Waals surface area contributed by atoms with Crippen LogP contribution in [0.2, 0.25) is 0 Å². The van der Waals surface area contributed by atoms with Crippen molar-refractivity contribution in [2.45, 2.75) is 193 Å². The lowest BCUT2D eigenvalue weighted by Crippen LogP contribution is -2.61. The number of carbonyl (C=O) groups is 5. The first-order valence-electron chi connectivity index (χ1n) is 25.8. The molecule has 0 aromatic heterocycles. The van der Waals surface area contributed by atoms with E-state index in [0.29, 0.717) is 57.1 Å². The molecule has 3 heterocycles. The van der Waals surface area contributed by atoms with Crippen LogP contribution in [-0.4, -0.2) is 135 Å². The Balaban J connectivity index is 1.71. The Labute approximate surface area is 413 Å². The molecule has 4 rings (SSSR count). The van der Waals surface area contributed by atoms with Gasteiger partial charge in [-0.15, -0.1) is 0 Å². The maximum atomic E-state index is 14.5. The summed E-state index contributed by atoms with van der Waals surface area (Å²) >= 11 is 0. The number of esters is 1. The number of hydrogen-bond donors (Lipinski definition) is 1. The van der Waals surface area contributed by atoms with Gasteiger partial charge in [0, 0.05) is 72.2 Å². The number of ketones is 3. The van der Waals surface area contributed by atoms with Gasteiger partial charge in [0.2, 0.25) is 5.79 Å². The van der Waals surface area contributed by atoms with Gasteiger partial charge in [-0.05, 0) is 113 Å². The Kier molecular flexibility index (Phi) is 23.6. The van der Waals surface area contributed by atoms with Gasteiger partial charge in [0.25, 0.3) is 11.7 Å². The van der Waals surface area contributed by atoms with Crippen molar-refractivity contribution >= 4 is 29.2 Å². The Bertz CT molecular complexity index is 1820. The van der Waals surface area contributed by atoms with Crippen molar-refractivity contribution < 1.29 is 62.2 Å². The molecule has 3 aliphatic heterocycles. The van der Waals surface area contributed by atoms with E-state index in [1.54, 1.807) is 34.1 Å². The second-order valence-corrected chi connectivity index (χ2v) is 20.6. The monoisotopic (exact) mass is 970 g/mol. The third-order valence-electron chi connectivity index (χ3n) is 15.2. The molecule has 0 radical (unpaired) electrons. The number of cyclic esters (lactones) is 1.